The molecule has 1 aromatic heterocycles. The Labute approximate surface area is 169 Å². The van der Waals surface area contributed by atoms with Gasteiger partial charge in [-0.2, -0.15) is 15.0 Å². The summed E-state index contributed by atoms with van der Waals surface area (Å²) in [6.45, 7) is 12.5. The molecule has 0 saturated heterocycles. The fraction of sp³-hybridized carbons (Fsp3) is 0.526. The van der Waals surface area contributed by atoms with Gasteiger partial charge in [-0.15, -0.1) is 4.91 Å². The average molecular weight is 406 g/mol. The topological polar surface area (TPSA) is 80.1 Å². The van der Waals surface area contributed by atoms with Crippen molar-refractivity contribution in [3.63, 3.8) is 0 Å². The number of benzene rings is 1. The fourth-order valence-corrected chi connectivity index (χ4v) is 3.42. The maximum Gasteiger partial charge on any atom is 0.232 e. The van der Waals surface area contributed by atoms with Crippen molar-refractivity contribution in [2.45, 2.75) is 62.7 Å². The first-order valence-corrected chi connectivity index (χ1v) is 11.1. The largest absolute Gasteiger partial charge is 0.324 e. The van der Waals surface area contributed by atoms with Crippen LogP contribution in [0.5, 0.6) is 0 Å². The molecule has 0 aliphatic carbocycles. The molecule has 0 fully saturated rings. The van der Waals surface area contributed by atoms with E-state index in [1.165, 1.54) is 23.5 Å². The summed E-state index contributed by atoms with van der Waals surface area (Å²) in [5, 5.41) is 8.00. The van der Waals surface area contributed by atoms with Gasteiger partial charge in [-0.1, -0.05) is 65.1 Å². The molecule has 6 nitrogen and oxygen atoms in total. The van der Waals surface area contributed by atoms with Crippen molar-refractivity contribution in [1.29, 1.82) is 0 Å². The van der Waals surface area contributed by atoms with E-state index in [-0.39, 0.29) is 10.8 Å². The summed E-state index contributed by atoms with van der Waals surface area (Å²) in [7, 11) is 0. The van der Waals surface area contributed by atoms with Crippen LogP contribution in [0.4, 0.5) is 17.3 Å². The maximum absolute atomic E-state index is 11.7. The lowest BCUT2D eigenvalue weighted by Gasteiger charge is -2.28. The minimum Gasteiger partial charge on any atom is -0.324 e. The van der Waals surface area contributed by atoms with E-state index in [2.05, 4.69) is 67.0 Å². The zero-order chi connectivity index (χ0) is 20.4. The van der Waals surface area contributed by atoms with Gasteiger partial charge in [0.25, 0.3) is 0 Å². The highest BCUT2D eigenvalue weighted by Gasteiger charge is 2.27. The number of rotatable bonds is 5. The highest BCUT2D eigenvalue weighted by Crippen LogP contribution is 2.42. The maximum atomic E-state index is 11.7. The molecule has 0 atom stereocenters. The lowest BCUT2D eigenvalue weighted by atomic mass is 9.78. The minimum absolute atomic E-state index is 0.227. The molecule has 1 aromatic carbocycles. The lowest BCUT2D eigenvalue weighted by molar-refractivity contribution is 0.571. The number of nitrogens with zero attached hydrogens (tertiary/aromatic N) is 4. The Morgan fingerprint density at radius 3 is 1.63 bits per heavy atom. The summed E-state index contributed by atoms with van der Waals surface area (Å²) in [5.41, 5.74) is 2.70. The summed E-state index contributed by atoms with van der Waals surface area (Å²) in [5.74, 6) is 0.491. The Morgan fingerprint density at radius 1 is 0.852 bits per heavy atom. The molecular weight excluding hydrogens is 378 g/mol. The van der Waals surface area contributed by atoms with Gasteiger partial charge in [-0.3, -0.25) is 0 Å². The second-order valence-corrected chi connectivity index (χ2v) is 9.82. The van der Waals surface area contributed by atoms with Crippen LogP contribution >= 0.6 is 23.5 Å². The standard InChI is InChI=1S/C19H27N5OS2/c1-18(2,3)12-9-11(10-13(14(12)24-25)19(4,5)6)20-15-21-16(26-7)23-17(22-15)27-8/h9-10H,1-8H3,(H,20,21,22,23). The summed E-state index contributed by atoms with van der Waals surface area (Å²) < 4.78 is 0. The van der Waals surface area contributed by atoms with Crippen LogP contribution in [-0.4, -0.2) is 27.5 Å². The van der Waals surface area contributed by atoms with E-state index in [0.29, 0.717) is 21.9 Å². The zero-order valence-corrected chi connectivity index (χ0v) is 18.8. The van der Waals surface area contributed by atoms with Crippen LogP contribution in [0.3, 0.4) is 0 Å². The van der Waals surface area contributed by atoms with Crippen LogP contribution in [-0.2, 0) is 10.8 Å². The fourth-order valence-electron chi connectivity index (χ4n) is 2.65. The predicted molar refractivity (Wildman–Crippen MR) is 116 cm³/mol. The molecule has 1 N–H and O–H groups in total. The molecule has 0 bridgehead atoms. The first-order valence-electron chi connectivity index (χ1n) is 8.63. The first-order chi connectivity index (χ1) is 12.5. The minimum atomic E-state index is -0.227. The Kier molecular flexibility index (Phi) is 6.52. The highest BCUT2D eigenvalue weighted by molar-refractivity contribution is 7.99. The van der Waals surface area contributed by atoms with Gasteiger partial charge >= 0.3 is 0 Å². The third kappa shape index (κ3) is 5.19. The molecule has 0 aliphatic heterocycles. The highest BCUT2D eigenvalue weighted by atomic mass is 32.2. The molecule has 27 heavy (non-hydrogen) atoms. The smallest absolute Gasteiger partial charge is 0.232 e. The van der Waals surface area contributed by atoms with Crippen molar-refractivity contribution < 1.29 is 0 Å². The van der Waals surface area contributed by atoms with E-state index in [0.717, 1.165) is 16.8 Å². The lowest BCUT2D eigenvalue weighted by Crippen LogP contribution is -2.18. The zero-order valence-electron chi connectivity index (χ0n) is 17.2. The summed E-state index contributed by atoms with van der Waals surface area (Å²) >= 11 is 2.94. The molecule has 146 valence electrons. The summed E-state index contributed by atoms with van der Waals surface area (Å²) in [6, 6.07) is 3.93. The second kappa shape index (κ2) is 8.14. The monoisotopic (exact) mass is 405 g/mol. The quantitative estimate of drug-likeness (QED) is 0.479. The molecule has 2 aromatic rings. The summed E-state index contributed by atoms with van der Waals surface area (Å²) in [6.07, 6.45) is 3.87. The van der Waals surface area contributed by atoms with Crippen LogP contribution < -0.4 is 5.32 Å². The van der Waals surface area contributed by atoms with Crippen LogP contribution in [0.25, 0.3) is 0 Å². The predicted octanol–water partition coefficient (Wildman–Crippen LogP) is 6.05. The van der Waals surface area contributed by atoms with Gasteiger partial charge in [0.2, 0.25) is 5.95 Å². The number of nitrogens with one attached hydrogen (secondary N) is 1. The van der Waals surface area contributed by atoms with E-state index < -0.39 is 0 Å². The normalized spacial score (nSPS) is 12.1. The third-order valence-corrected chi connectivity index (χ3v) is 5.13. The molecule has 8 heteroatoms. The van der Waals surface area contributed by atoms with E-state index in [9.17, 15) is 4.91 Å². The third-order valence-electron chi connectivity index (χ3n) is 4.03. The molecule has 0 saturated carbocycles. The van der Waals surface area contributed by atoms with Gasteiger partial charge in [0.15, 0.2) is 10.3 Å². The van der Waals surface area contributed by atoms with Gasteiger partial charge < -0.3 is 5.32 Å². The Morgan fingerprint density at radius 2 is 1.30 bits per heavy atom. The Hall–Kier alpha value is -1.67. The SMILES string of the molecule is CSc1nc(Nc2cc(C(C)(C)C)c(N=O)c(C(C)(C)C)c2)nc(SC)n1. The van der Waals surface area contributed by atoms with Crippen LogP contribution in [0.2, 0.25) is 0 Å². The number of thioether (sulfide) groups is 2. The van der Waals surface area contributed by atoms with Gasteiger partial charge in [0.05, 0.1) is 0 Å². The molecule has 2 rings (SSSR count). The Balaban J connectivity index is 2.63. The number of hydrogen-bond donors (Lipinski definition) is 1. The van der Waals surface area contributed by atoms with Gasteiger partial charge in [-0.05, 0) is 51.8 Å². The van der Waals surface area contributed by atoms with Crippen molar-refractivity contribution in [3.8, 4) is 0 Å². The van der Waals surface area contributed by atoms with Gasteiger partial charge in [0, 0.05) is 5.69 Å². The Bertz CT molecular complexity index is 784. The molecule has 0 radical (unpaired) electrons. The molecule has 1 heterocycles. The number of aromatic nitrogens is 3. The van der Waals surface area contributed by atoms with Crippen LogP contribution in [0.15, 0.2) is 27.6 Å². The second-order valence-electron chi connectivity index (χ2n) is 8.27. The number of hydrogen-bond acceptors (Lipinski definition) is 8. The van der Waals surface area contributed by atoms with Crippen molar-refractivity contribution in [2.24, 2.45) is 5.18 Å². The van der Waals surface area contributed by atoms with Crippen molar-refractivity contribution in [2.75, 3.05) is 17.8 Å². The number of anilines is 2. The molecule has 0 spiro atoms. The van der Waals surface area contributed by atoms with Crippen LogP contribution in [0, 0.1) is 4.91 Å². The van der Waals surface area contributed by atoms with Crippen LogP contribution in [0.1, 0.15) is 52.7 Å². The molecular formula is C19H27N5OS2. The number of nitroso groups, excluding NO2 is 1. The van der Waals surface area contributed by atoms with Crippen molar-refractivity contribution in [1.82, 2.24) is 15.0 Å². The summed E-state index contributed by atoms with van der Waals surface area (Å²) in [4.78, 5) is 24.9. The van der Waals surface area contributed by atoms with Crippen molar-refractivity contribution >= 4 is 40.8 Å². The molecule has 0 unspecified atom stereocenters. The van der Waals surface area contributed by atoms with Gasteiger partial charge in [0.1, 0.15) is 5.69 Å². The molecule has 0 aliphatic rings. The van der Waals surface area contributed by atoms with Crippen molar-refractivity contribution in [3.05, 3.63) is 28.2 Å². The van der Waals surface area contributed by atoms with E-state index in [1.807, 2.05) is 24.6 Å². The molecule has 0 amide bonds. The van der Waals surface area contributed by atoms with E-state index >= 15 is 0 Å². The first kappa shape index (κ1) is 21.6. The average Bonchev–Trinajstić information content (AvgIpc) is 2.59. The van der Waals surface area contributed by atoms with E-state index in [1.54, 1.807) is 0 Å². The van der Waals surface area contributed by atoms with Gasteiger partial charge in [-0.25, -0.2) is 0 Å². The van der Waals surface area contributed by atoms with E-state index in [4.69, 9.17) is 0 Å².